The number of amides is 2. The Kier molecular flexibility index (Phi) is 5.89. The van der Waals surface area contributed by atoms with Gasteiger partial charge < -0.3 is 15.1 Å². The fourth-order valence-corrected chi connectivity index (χ4v) is 2.63. The SMILES string of the molecule is CN(C)C(=O)CCCC(=O)N1CCNCC1c1cccnc1. The van der Waals surface area contributed by atoms with E-state index in [2.05, 4.69) is 10.3 Å². The maximum Gasteiger partial charge on any atom is 0.223 e. The van der Waals surface area contributed by atoms with Crippen LogP contribution in [0, 0.1) is 0 Å². The number of piperazine rings is 1. The van der Waals surface area contributed by atoms with Gasteiger partial charge in [-0.15, -0.1) is 0 Å². The van der Waals surface area contributed by atoms with Crippen LogP contribution >= 0.6 is 0 Å². The molecule has 1 N–H and O–H groups in total. The van der Waals surface area contributed by atoms with Gasteiger partial charge in [0.05, 0.1) is 6.04 Å². The quantitative estimate of drug-likeness (QED) is 0.874. The van der Waals surface area contributed by atoms with E-state index in [9.17, 15) is 9.59 Å². The van der Waals surface area contributed by atoms with E-state index < -0.39 is 0 Å². The van der Waals surface area contributed by atoms with Crippen LogP contribution in [-0.2, 0) is 9.59 Å². The molecule has 2 amide bonds. The highest BCUT2D eigenvalue weighted by Gasteiger charge is 2.27. The van der Waals surface area contributed by atoms with E-state index in [-0.39, 0.29) is 17.9 Å². The summed E-state index contributed by atoms with van der Waals surface area (Å²) < 4.78 is 0. The van der Waals surface area contributed by atoms with E-state index in [1.165, 1.54) is 0 Å². The number of carbonyl (C=O) groups excluding carboxylic acids is 2. The molecule has 2 rings (SSSR count). The molecule has 0 aromatic carbocycles. The van der Waals surface area contributed by atoms with Crippen LogP contribution in [0.2, 0.25) is 0 Å². The molecule has 1 aromatic rings. The minimum absolute atomic E-state index is 0.0273. The van der Waals surface area contributed by atoms with Gasteiger partial charge in [-0.3, -0.25) is 14.6 Å². The molecule has 1 aliphatic rings. The van der Waals surface area contributed by atoms with Crippen molar-refractivity contribution >= 4 is 11.8 Å². The molecule has 1 atom stereocenters. The lowest BCUT2D eigenvalue weighted by atomic mass is 10.0. The maximum atomic E-state index is 12.5. The molecular weight excluding hydrogens is 280 g/mol. The lowest BCUT2D eigenvalue weighted by Gasteiger charge is -2.36. The number of aromatic nitrogens is 1. The number of carbonyl (C=O) groups is 2. The maximum absolute atomic E-state index is 12.5. The third-order valence-corrected chi connectivity index (χ3v) is 3.91. The minimum atomic E-state index is 0.0273. The first-order valence-electron chi connectivity index (χ1n) is 7.70. The molecule has 2 heterocycles. The largest absolute Gasteiger partial charge is 0.349 e. The predicted octanol–water partition coefficient (Wildman–Crippen LogP) is 0.813. The van der Waals surface area contributed by atoms with Crippen molar-refractivity contribution in [1.82, 2.24) is 20.1 Å². The molecule has 1 saturated heterocycles. The third kappa shape index (κ3) is 4.27. The van der Waals surface area contributed by atoms with Crippen LogP contribution in [0.15, 0.2) is 24.5 Å². The Morgan fingerprint density at radius 3 is 2.91 bits per heavy atom. The molecule has 6 heteroatoms. The Morgan fingerprint density at radius 1 is 1.41 bits per heavy atom. The summed E-state index contributed by atoms with van der Waals surface area (Å²) in [6.07, 6.45) is 4.98. The molecule has 1 unspecified atom stereocenters. The van der Waals surface area contributed by atoms with Crippen LogP contribution in [-0.4, -0.2) is 60.3 Å². The van der Waals surface area contributed by atoms with Crippen LogP contribution in [0.3, 0.4) is 0 Å². The van der Waals surface area contributed by atoms with Gasteiger partial charge in [-0.1, -0.05) is 6.07 Å². The van der Waals surface area contributed by atoms with E-state index >= 15 is 0 Å². The average Bonchev–Trinajstić information content (AvgIpc) is 2.55. The molecule has 1 aromatic heterocycles. The molecular formula is C16H24N4O2. The second-order valence-electron chi connectivity index (χ2n) is 5.74. The van der Waals surface area contributed by atoms with Gasteiger partial charge in [0, 0.05) is 59.0 Å². The standard InChI is InChI=1S/C16H24N4O2/c1-19(2)15(21)6-3-7-16(22)20-10-9-18-12-14(20)13-5-4-8-17-11-13/h4-5,8,11,14,18H,3,6-7,9-10,12H2,1-2H3. The zero-order valence-electron chi connectivity index (χ0n) is 13.3. The molecule has 6 nitrogen and oxygen atoms in total. The molecule has 0 bridgehead atoms. The summed E-state index contributed by atoms with van der Waals surface area (Å²) in [4.78, 5) is 31.7. The molecule has 0 radical (unpaired) electrons. The Bertz CT molecular complexity index is 504. The second-order valence-corrected chi connectivity index (χ2v) is 5.74. The van der Waals surface area contributed by atoms with Crippen molar-refractivity contribution in [2.24, 2.45) is 0 Å². The summed E-state index contributed by atoms with van der Waals surface area (Å²) in [6, 6.07) is 3.92. The Hall–Kier alpha value is -1.95. The van der Waals surface area contributed by atoms with Gasteiger partial charge in [0.25, 0.3) is 0 Å². The van der Waals surface area contributed by atoms with Gasteiger partial charge in [-0.05, 0) is 18.1 Å². The summed E-state index contributed by atoms with van der Waals surface area (Å²) in [7, 11) is 3.47. The highest BCUT2D eigenvalue weighted by Crippen LogP contribution is 2.22. The molecule has 22 heavy (non-hydrogen) atoms. The monoisotopic (exact) mass is 304 g/mol. The van der Waals surface area contributed by atoms with Crippen molar-refractivity contribution in [3.63, 3.8) is 0 Å². The van der Waals surface area contributed by atoms with Crippen molar-refractivity contribution in [3.05, 3.63) is 30.1 Å². The second kappa shape index (κ2) is 7.89. The van der Waals surface area contributed by atoms with Crippen LogP contribution in [0.5, 0.6) is 0 Å². The summed E-state index contributed by atoms with van der Waals surface area (Å²) in [5.41, 5.74) is 1.05. The van der Waals surface area contributed by atoms with Crippen molar-refractivity contribution in [3.8, 4) is 0 Å². The van der Waals surface area contributed by atoms with Crippen LogP contribution < -0.4 is 5.32 Å². The first kappa shape index (κ1) is 16.4. The molecule has 1 fully saturated rings. The van der Waals surface area contributed by atoms with E-state index in [1.54, 1.807) is 25.2 Å². The zero-order chi connectivity index (χ0) is 15.9. The van der Waals surface area contributed by atoms with Gasteiger partial charge in [0.15, 0.2) is 0 Å². The Morgan fingerprint density at radius 2 is 2.23 bits per heavy atom. The van der Waals surface area contributed by atoms with Crippen LogP contribution in [0.4, 0.5) is 0 Å². The van der Waals surface area contributed by atoms with E-state index in [0.29, 0.717) is 25.8 Å². The predicted molar refractivity (Wildman–Crippen MR) is 84.1 cm³/mol. The van der Waals surface area contributed by atoms with Gasteiger partial charge in [0.2, 0.25) is 11.8 Å². The number of hydrogen-bond acceptors (Lipinski definition) is 4. The third-order valence-electron chi connectivity index (χ3n) is 3.91. The fourth-order valence-electron chi connectivity index (χ4n) is 2.63. The van der Waals surface area contributed by atoms with Crippen molar-refractivity contribution in [2.75, 3.05) is 33.7 Å². The van der Waals surface area contributed by atoms with Crippen LogP contribution in [0.25, 0.3) is 0 Å². The molecule has 1 aliphatic heterocycles. The summed E-state index contributed by atoms with van der Waals surface area (Å²) in [5.74, 6) is 0.179. The van der Waals surface area contributed by atoms with Crippen molar-refractivity contribution in [1.29, 1.82) is 0 Å². The number of hydrogen-bond donors (Lipinski definition) is 1. The molecule has 120 valence electrons. The normalized spacial score (nSPS) is 18.1. The topological polar surface area (TPSA) is 65.5 Å². The van der Waals surface area contributed by atoms with Gasteiger partial charge in [-0.2, -0.15) is 0 Å². The molecule has 0 spiro atoms. The Balaban J connectivity index is 1.93. The first-order valence-corrected chi connectivity index (χ1v) is 7.70. The number of nitrogens with one attached hydrogen (secondary N) is 1. The first-order chi connectivity index (χ1) is 10.6. The number of rotatable bonds is 5. The lowest BCUT2D eigenvalue weighted by Crippen LogP contribution is -2.48. The van der Waals surface area contributed by atoms with Gasteiger partial charge in [-0.25, -0.2) is 0 Å². The van der Waals surface area contributed by atoms with Crippen molar-refractivity contribution < 1.29 is 9.59 Å². The number of pyridine rings is 1. The molecule has 0 saturated carbocycles. The Labute approximate surface area is 131 Å². The highest BCUT2D eigenvalue weighted by atomic mass is 16.2. The van der Waals surface area contributed by atoms with Crippen molar-refractivity contribution in [2.45, 2.75) is 25.3 Å². The fraction of sp³-hybridized carbons (Fsp3) is 0.562. The van der Waals surface area contributed by atoms with E-state index in [0.717, 1.165) is 18.7 Å². The van der Waals surface area contributed by atoms with Gasteiger partial charge >= 0.3 is 0 Å². The van der Waals surface area contributed by atoms with Gasteiger partial charge in [0.1, 0.15) is 0 Å². The number of nitrogens with zero attached hydrogens (tertiary/aromatic N) is 3. The summed E-state index contributed by atoms with van der Waals surface area (Å²) in [5, 5.41) is 3.32. The molecule has 0 aliphatic carbocycles. The summed E-state index contributed by atoms with van der Waals surface area (Å²) in [6.45, 7) is 2.24. The van der Waals surface area contributed by atoms with Crippen LogP contribution in [0.1, 0.15) is 30.9 Å². The highest BCUT2D eigenvalue weighted by molar-refractivity contribution is 5.79. The minimum Gasteiger partial charge on any atom is -0.349 e. The van der Waals surface area contributed by atoms with E-state index in [1.807, 2.05) is 23.2 Å². The zero-order valence-corrected chi connectivity index (χ0v) is 13.3. The smallest absolute Gasteiger partial charge is 0.223 e. The average molecular weight is 304 g/mol. The summed E-state index contributed by atoms with van der Waals surface area (Å²) >= 11 is 0. The lowest BCUT2D eigenvalue weighted by molar-refractivity contribution is -0.135. The van der Waals surface area contributed by atoms with E-state index in [4.69, 9.17) is 0 Å².